The van der Waals surface area contributed by atoms with Crippen LogP contribution in [0.25, 0.3) is 0 Å². The van der Waals surface area contributed by atoms with Gasteiger partial charge in [-0.3, -0.25) is 9.59 Å². The number of aryl methyl sites for hydroxylation is 1. The third-order valence-corrected chi connectivity index (χ3v) is 4.78. The third-order valence-electron chi connectivity index (χ3n) is 2.65. The first-order valence-electron chi connectivity index (χ1n) is 5.68. The van der Waals surface area contributed by atoms with Gasteiger partial charge in [0.15, 0.2) is 0 Å². The highest BCUT2D eigenvalue weighted by Crippen LogP contribution is 2.27. The molecule has 1 aromatic heterocycles. The molecule has 0 aliphatic heterocycles. The zero-order valence-corrected chi connectivity index (χ0v) is 13.3. The standard InChI is InChI=1S/C12H17BrN2O2S/c1-5-15(4)12(17)8(3)14-11(16)9-6-7(2)10(13)18-9/h6,8H,5H2,1-4H3,(H,14,16). The lowest BCUT2D eigenvalue weighted by molar-refractivity contribution is -0.131. The fourth-order valence-electron chi connectivity index (χ4n) is 1.39. The Balaban J connectivity index is 2.67. The zero-order valence-electron chi connectivity index (χ0n) is 10.9. The van der Waals surface area contributed by atoms with E-state index < -0.39 is 6.04 Å². The van der Waals surface area contributed by atoms with Gasteiger partial charge in [0.2, 0.25) is 5.91 Å². The normalized spacial score (nSPS) is 12.1. The Kier molecular flexibility index (Phi) is 5.34. The highest BCUT2D eigenvalue weighted by atomic mass is 79.9. The Morgan fingerprint density at radius 3 is 2.61 bits per heavy atom. The van der Waals surface area contributed by atoms with Gasteiger partial charge in [0.1, 0.15) is 6.04 Å². The highest BCUT2D eigenvalue weighted by molar-refractivity contribution is 9.11. The summed E-state index contributed by atoms with van der Waals surface area (Å²) in [5.41, 5.74) is 1.02. The summed E-state index contributed by atoms with van der Waals surface area (Å²) in [6.45, 7) is 6.15. The molecule has 2 amide bonds. The number of halogens is 1. The molecular weight excluding hydrogens is 316 g/mol. The van der Waals surface area contributed by atoms with Gasteiger partial charge in [-0.2, -0.15) is 0 Å². The molecule has 0 bridgehead atoms. The topological polar surface area (TPSA) is 49.4 Å². The molecule has 0 aliphatic rings. The van der Waals surface area contributed by atoms with Gasteiger partial charge in [-0.15, -0.1) is 11.3 Å². The van der Waals surface area contributed by atoms with Crippen LogP contribution in [0.4, 0.5) is 0 Å². The third kappa shape index (κ3) is 3.55. The van der Waals surface area contributed by atoms with Crippen molar-refractivity contribution in [3.63, 3.8) is 0 Å². The summed E-state index contributed by atoms with van der Waals surface area (Å²) < 4.78 is 0.942. The summed E-state index contributed by atoms with van der Waals surface area (Å²) >= 11 is 4.75. The van der Waals surface area contributed by atoms with Crippen molar-refractivity contribution < 1.29 is 9.59 Å². The average Bonchev–Trinajstić information content (AvgIpc) is 2.67. The molecule has 0 saturated heterocycles. The second-order valence-corrected chi connectivity index (χ2v) is 6.49. The number of amides is 2. The van der Waals surface area contributed by atoms with Crippen molar-refractivity contribution in [2.45, 2.75) is 26.8 Å². The molecule has 1 aromatic rings. The van der Waals surface area contributed by atoms with E-state index in [1.165, 1.54) is 11.3 Å². The highest BCUT2D eigenvalue weighted by Gasteiger charge is 2.20. The van der Waals surface area contributed by atoms with Crippen LogP contribution in [-0.2, 0) is 4.79 Å². The minimum atomic E-state index is -0.511. The van der Waals surface area contributed by atoms with Crippen molar-refractivity contribution >= 4 is 39.1 Å². The van der Waals surface area contributed by atoms with Gasteiger partial charge in [-0.25, -0.2) is 0 Å². The largest absolute Gasteiger partial charge is 0.344 e. The second-order valence-electron chi connectivity index (χ2n) is 4.11. The van der Waals surface area contributed by atoms with Gasteiger partial charge in [-0.05, 0) is 48.3 Å². The number of hydrogen-bond donors (Lipinski definition) is 1. The van der Waals surface area contributed by atoms with E-state index in [2.05, 4.69) is 21.2 Å². The molecule has 0 radical (unpaired) electrons. The SMILES string of the molecule is CCN(C)C(=O)C(C)NC(=O)c1cc(C)c(Br)s1. The Morgan fingerprint density at radius 1 is 1.56 bits per heavy atom. The van der Waals surface area contributed by atoms with Gasteiger partial charge in [0, 0.05) is 13.6 Å². The number of nitrogens with one attached hydrogen (secondary N) is 1. The van der Waals surface area contributed by atoms with Crippen LogP contribution in [0.3, 0.4) is 0 Å². The van der Waals surface area contributed by atoms with Gasteiger partial charge >= 0.3 is 0 Å². The molecule has 1 atom stereocenters. The Bertz CT molecular complexity index is 439. The summed E-state index contributed by atoms with van der Waals surface area (Å²) in [4.78, 5) is 26.0. The first-order chi connectivity index (χ1) is 8.36. The summed E-state index contributed by atoms with van der Waals surface area (Å²) in [6.07, 6.45) is 0. The molecule has 6 heteroatoms. The van der Waals surface area contributed by atoms with E-state index in [0.717, 1.165) is 9.35 Å². The maximum Gasteiger partial charge on any atom is 0.262 e. The number of nitrogens with zero attached hydrogens (tertiary/aromatic N) is 1. The smallest absolute Gasteiger partial charge is 0.262 e. The van der Waals surface area contributed by atoms with Crippen molar-refractivity contribution in [3.8, 4) is 0 Å². The van der Waals surface area contributed by atoms with Crippen molar-refractivity contribution in [2.75, 3.05) is 13.6 Å². The average molecular weight is 333 g/mol. The molecule has 0 spiro atoms. The number of likely N-dealkylation sites (N-methyl/N-ethyl adjacent to an activating group) is 1. The van der Waals surface area contributed by atoms with E-state index >= 15 is 0 Å². The van der Waals surface area contributed by atoms with Gasteiger partial charge in [0.05, 0.1) is 8.66 Å². The number of rotatable bonds is 4. The van der Waals surface area contributed by atoms with Gasteiger partial charge in [0.25, 0.3) is 5.91 Å². The zero-order chi connectivity index (χ0) is 13.9. The van der Waals surface area contributed by atoms with Gasteiger partial charge in [-0.1, -0.05) is 0 Å². The van der Waals surface area contributed by atoms with E-state index in [9.17, 15) is 9.59 Å². The van der Waals surface area contributed by atoms with Crippen LogP contribution in [0.2, 0.25) is 0 Å². The van der Waals surface area contributed by atoms with Crippen LogP contribution in [0, 0.1) is 6.92 Å². The second kappa shape index (κ2) is 6.33. The van der Waals surface area contributed by atoms with E-state index in [-0.39, 0.29) is 11.8 Å². The lowest BCUT2D eigenvalue weighted by Gasteiger charge is -2.20. The Morgan fingerprint density at radius 2 is 2.17 bits per heavy atom. The molecule has 0 aliphatic carbocycles. The number of carbonyl (C=O) groups excluding carboxylic acids is 2. The van der Waals surface area contributed by atoms with Crippen molar-refractivity contribution in [2.24, 2.45) is 0 Å². The lowest BCUT2D eigenvalue weighted by Crippen LogP contribution is -2.45. The first-order valence-corrected chi connectivity index (χ1v) is 7.29. The summed E-state index contributed by atoms with van der Waals surface area (Å²) in [5.74, 6) is -0.294. The van der Waals surface area contributed by atoms with Crippen LogP contribution in [0.15, 0.2) is 9.85 Å². The monoisotopic (exact) mass is 332 g/mol. The number of carbonyl (C=O) groups is 2. The molecule has 4 nitrogen and oxygen atoms in total. The summed E-state index contributed by atoms with van der Waals surface area (Å²) in [7, 11) is 1.72. The van der Waals surface area contributed by atoms with E-state index in [0.29, 0.717) is 11.4 Å². The number of thiophene rings is 1. The van der Waals surface area contributed by atoms with E-state index in [4.69, 9.17) is 0 Å². The molecule has 18 heavy (non-hydrogen) atoms. The first kappa shape index (κ1) is 15.2. The van der Waals surface area contributed by atoms with Crippen LogP contribution < -0.4 is 5.32 Å². The van der Waals surface area contributed by atoms with Gasteiger partial charge < -0.3 is 10.2 Å². The fourth-order valence-corrected chi connectivity index (χ4v) is 2.83. The summed E-state index contributed by atoms with van der Waals surface area (Å²) in [5, 5.41) is 2.71. The van der Waals surface area contributed by atoms with Crippen LogP contribution >= 0.6 is 27.3 Å². The van der Waals surface area contributed by atoms with Crippen LogP contribution in [0.1, 0.15) is 29.1 Å². The quantitative estimate of drug-likeness (QED) is 0.920. The maximum absolute atomic E-state index is 11.9. The fraction of sp³-hybridized carbons (Fsp3) is 0.500. The minimum absolute atomic E-state index is 0.0850. The van der Waals surface area contributed by atoms with E-state index in [1.54, 1.807) is 18.9 Å². The summed E-state index contributed by atoms with van der Waals surface area (Å²) in [6, 6.07) is 1.30. The molecule has 0 saturated carbocycles. The van der Waals surface area contributed by atoms with Crippen molar-refractivity contribution in [1.82, 2.24) is 10.2 Å². The molecule has 1 unspecified atom stereocenters. The minimum Gasteiger partial charge on any atom is -0.344 e. The van der Waals surface area contributed by atoms with Crippen molar-refractivity contribution in [1.29, 1.82) is 0 Å². The maximum atomic E-state index is 11.9. The molecule has 0 fully saturated rings. The predicted molar refractivity (Wildman–Crippen MR) is 77.0 cm³/mol. The number of hydrogen-bond acceptors (Lipinski definition) is 3. The van der Waals surface area contributed by atoms with E-state index in [1.807, 2.05) is 19.9 Å². The Labute approximate surface area is 119 Å². The predicted octanol–water partition coefficient (Wildman–Crippen LogP) is 2.42. The molecule has 100 valence electrons. The molecule has 0 aromatic carbocycles. The molecular formula is C12H17BrN2O2S. The Hall–Kier alpha value is -0.880. The lowest BCUT2D eigenvalue weighted by atomic mass is 10.2. The van der Waals surface area contributed by atoms with Crippen LogP contribution in [0.5, 0.6) is 0 Å². The molecule has 1 N–H and O–H groups in total. The molecule has 1 rings (SSSR count). The van der Waals surface area contributed by atoms with Crippen LogP contribution in [-0.4, -0.2) is 36.3 Å². The van der Waals surface area contributed by atoms with Crippen molar-refractivity contribution in [3.05, 3.63) is 20.3 Å². The molecule has 1 heterocycles.